The van der Waals surface area contributed by atoms with Gasteiger partial charge in [-0.15, -0.1) is 0 Å². The van der Waals surface area contributed by atoms with E-state index in [1.54, 1.807) is 30.3 Å². The van der Waals surface area contributed by atoms with Crippen molar-refractivity contribution >= 4 is 34.1 Å². The minimum absolute atomic E-state index is 0.304. The maximum Gasteiger partial charge on any atom is 0.271 e. The summed E-state index contributed by atoms with van der Waals surface area (Å²) < 4.78 is 19.9. The maximum absolute atomic E-state index is 14.0. The molecule has 0 heterocycles. The molecule has 0 spiro atoms. The Morgan fingerprint density at radius 2 is 1.83 bits per heavy atom. The second-order valence-corrected chi connectivity index (χ2v) is 7.54. The molecule has 7 nitrogen and oxygen atoms in total. The highest BCUT2D eigenvalue weighted by molar-refractivity contribution is 6.09. The summed E-state index contributed by atoms with van der Waals surface area (Å²) in [4.78, 5) is 22.7. The van der Waals surface area contributed by atoms with Crippen LogP contribution < -0.4 is 10.1 Å². The molecule has 0 aliphatic rings. The van der Waals surface area contributed by atoms with Crippen LogP contribution in [-0.2, 0) is 11.4 Å². The molecular weight excluding hydrogens is 449 g/mol. The number of halogens is 1. The molecule has 0 aliphatic carbocycles. The summed E-state index contributed by atoms with van der Waals surface area (Å²) >= 11 is 0. The van der Waals surface area contributed by atoms with Crippen LogP contribution in [0.1, 0.15) is 11.1 Å². The summed E-state index contributed by atoms with van der Waals surface area (Å²) in [6.45, 7) is 0.326. The Labute approximate surface area is 199 Å². The van der Waals surface area contributed by atoms with E-state index in [2.05, 4.69) is 5.32 Å². The van der Waals surface area contributed by atoms with Crippen LogP contribution in [0.5, 0.6) is 5.75 Å². The van der Waals surface area contributed by atoms with Crippen molar-refractivity contribution in [2.75, 3.05) is 5.32 Å². The van der Waals surface area contributed by atoms with E-state index >= 15 is 0 Å². The van der Waals surface area contributed by atoms with Gasteiger partial charge in [-0.05, 0) is 46.2 Å². The predicted molar refractivity (Wildman–Crippen MR) is 130 cm³/mol. The number of carbonyl (C=O) groups is 1. The van der Waals surface area contributed by atoms with Crippen molar-refractivity contribution in [2.24, 2.45) is 0 Å². The van der Waals surface area contributed by atoms with Crippen molar-refractivity contribution in [3.05, 3.63) is 118 Å². The Hall–Kier alpha value is -5.03. The zero-order chi connectivity index (χ0) is 24.8. The summed E-state index contributed by atoms with van der Waals surface area (Å²) in [5, 5.41) is 24.8. The molecule has 35 heavy (non-hydrogen) atoms. The number of non-ortho nitro benzene ring substituents is 1. The van der Waals surface area contributed by atoms with Gasteiger partial charge < -0.3 is 10.1 Å². The number of hydrogen-bond acceptors (Lipinski definition) is 5. The smallest absolute Gasteiger partial charge is 0.271 e. The van der Waals surface area contributed by atoms with Crippen molar-refractivity contribution in [1.29, 1.82) is 5.26 Å². The van der Waals surface area contributed by atoms with Crippen molar-refractivity contribution in [3.63, 3.8) is 0 Å². The van der Waals surface area contributed by atoms with Gasteiger partial charge in [0.25, 0.3) is 11.6 Å². The zero-order valence-corrected chi connectivity index (χ0v) is 18.3. The van der Waals surface area contributed by atoms with Crippen LogP contribution in [0.25, 0.3) is 16.8 Å². The Morgan fingerprint density at radius 3 is 2.63 bits per heavy atom. The highest BCUT2D eigenvalue weighted by Crippen LogP contribution is 2.24. The van der Waals surface area contributed by atoms with E-state index in [9.17, 15) is 24.6 Å². The topological polar surface area (TPSA) is 105 Å². The standard InChI is InChI=1S/C27H18FN3O4/c28-25-12-11-22(31(33)34)15-26(25)30-27(32)21(16-29)13-18-5-3-9-23(14-18)35-17-20-8-4-7-19-6-1-2-10-24(19)20/h1-15H,17H2,(H,30,32). The number of nitriles is 1. The molecule has 4 aromatic rings. The van der Waals surface area contributed by atoms with Gasteiger partial charge in [0, 0.05) is 12.1 Å². The molecule has 0 unspecified atom stereocenters. The van der Waals surface area contributed by atoms with Crippen molar-refractivity contribution in [3.8, 4) is 11.8 Å². The predicted octanol–water partition coefficient (Wildman–Crippen LogP) is 6.01. The van der Waals surface area contributed by atoms with Crippen molar-refractivity contribution < 1.29 is 18.8 Å². The fourth-order valence-electron chi connectivity index (χ4n) is 3.50. The molecule has 0 saturated carbocycles. The van der Waals surface area contributed by atoms with Crippen LogP contribution >= 0.6 is 0 Å². The highest BCUT2D eigenvalue weighted by Gasteiger charge is 2.16. The van der Waals surface area contributed by atoms with Crippen LogP contribution in [-0.4, -0.2) is 10.8 Å². The average molecular weight is 467 g/mol. The fraction of sp³-hybridized carbons (Fsp3) is 0.0370. The molecule has 0 bridgehead atoms. The number of rotatable bonds is 7. The minimum Gasteiger partial charge on any atom is -0.489 e. The van der Waals surface area contributed by atoms with Crippen LogP contribution in [0.15, 0.2) is 90.5 Å². The molecule has 0 aliphatic heterocycles. The number of amides is 1. The van der Waals surface area contributed by atoms with E-state index in [0.29, 0.717) is 17.9 Å². The first-order valence-electron chi connectivity index (χ1n) is 10.5. The molecule has 0 saturated heterocycles. The minimum atomic E-state index is -0.894. The van der Waals surface area contributed by atoms with Gasteiger partial charge in [-0.2, -0.15) is 5.26 Å². The number of benzene rings is 4. The molecule has 4 aromatic carbocycles. The Balaban J connectivity index is 1.51. The van der Waals surface area contributed by atoms with Crippen LogP contribution in [0.2, 0.25) is 0 Å². The number of nitrogens with zero attached hydrogens (tertiary/aromatic N) is 2. The lowest BCUT2D eigenvalue weighted by atomic mass is 10.1. The molecule has 4 rings (SSSR count). The maximum atomic E-state index is 14.0. The Morgan fingerprint density at radius 1 is 1.06 bits per heavy atom. The molecule has 172 valence electrons. The molecular formula is C27H18FN3O4. The van der Waals surface area contributed by atoms with E-state index in [4.69, 9.17) is 4.74 Å². The normalized spacial score (nSPS) is 11.0. The monoisotopic (exact) mass is 467 g/mol. The summed E-state index contributed by atoms with van der Waals surface area (Å²) in [5.74, 6) is -1.21. The van der Waals surface area contributed by atoms with E-state index in [1.165, 1.54) is 6.08 Å². The molecule has 0 fully saturated rings. The number of ether oxygens (including phenoxy) is 1. The number of carbonyl (C=O) groups excluding carboxylic acids is 1. The lowest BCUT2D eigenvalue weighted by Crippen LogP contribution is -2.14. The number of anilines is 1. The lowest BCUT2D eigenvalue weighted by Gasteiger charge is -2.10. The second-order valence-electron chi connectivity index (χ2n) is 7.54. The number of fused-ring (bicyclic) bond motifs is 1. The third-order valence-corrected chi connectivity index (χ3v) is 5.22. The molecule has 0 radical (unpaired) electrons. The Kier molecular flexibility index (Phi) is 6.79. The summed E-state index contributed by atoms with van der Waals surface area (Å²) in [7, 11) is 0. The molecule has 1 N–H and O–H groups in total. The SMILES string of the molecule is N#CC(=Cc1cccc(OCc2cccc3ccccc23)c1)C(=O)Nc1cc([N+](=O)[O-])ccc1F. The van der Waals surface area contributed by atoms with Gasteiger partial charge in [-0.1, -0.05) is 54.6 Å². The van der Waals surface area contributed by atoms with Gasteiger partial charge in [0.2, 0.25) is 0 Å². The fourth-order valence-corrected chi connectivity index (χ4v) is 3.50. The third kappa shape index (κ3) is 5.49. The largest absolute Gasteiger partial charge is 0.489 e. The first kappa shape index (κ1) is 23.1. The van der Waals surface area contributed by atoms with Gasteiger partial charge >= 0.3 is 0 Å². The lowest BCUT2D eigenvalue weighted by molar-refractivity contribution is -0.384. The van der Waals surface area contributed by atoms with Crippen LogP contribution in [0.3, 0.4) is 0 Å². The number of nitro groups is 1. The van der Waals surface area contributed by atoms with Crippen LogP contribution in [0.4, 0.5) is 15.8 Å². The first-order valence-corrected chi connectivity index (χ1v) is 10.5. The van der Waals surface area contributed by atoms with Gasteiger partial charge in [0.15, 0.2) is 0 Å². The van der Waals surface area contributed by atoms with E-state index in [0.717, 1.165) is 34.5 Å². The molecule has 0 aromatic heterocycles. The van der Waals surface area contributed by atoms with E-state index in [-0.39, 0.29) is 11.3 Å². The molecule has 8 heteroatoms. The van der Waals surface area contributed by atoms with Gasteiger partial charge in [-0.25, -0.2) is 4.39 Å². The number of hydrogen-bond donors (Lipinski definition) is 1. The Bertz CT molecular complexity index is 1500. The quantitative estimate of drug-likeness (QED) is 0.155. The molecule has 1 amide bonds. The van der Waals surface area contributed by atoms with E-state index in [1.807, 2.05) is 42.5 Å². The number of nitro benzene ring substituents is 1. The van der Waals surface area contributed by atoms with Gasteiger partial charge in [0.05, 0.1) is 10.6 Å². The van der Waals surface area contributed by atoms with E-state index < -0.39 is 22.3 Å². The van der Waals surface area contributed by atoms with Crippen molar-refractivity contribution in [1.82, 2.24) is 0 Å². The zero-order valence-electron chi connectivity index (χ0n) is 18.3. The summed E-state index contributed by atoms with van der Waals surface area (Å²) in [6.07, 6.45) is 1.33. The van der Waals surface area contributed by atoms with Crippen molar-refractivity contribution in [2.45, 2.75) is 6.61 Å². The highest BCUT2D eigenvalue weighted by atomic mass is 19.1. The summed E-state index contributed by atoms with van der Waals surface area (Å²) in [5.41, 5.74) is 0.451. The van der Waals surface area contributed by atoms with Gasteiger partial charge in [0.1, 0.15) is 29.8 Å². The average Bonchev–Trinajstić information content (AvgIpc) is 2.87. The second kappa shape index (κ2) is 10.3. The van der Waals surface area contributed by atoms with Gasteiger partial charge in [-0.3, -0.25) is 14.9 Å². The number of nitrogens with one attached hydrogen (secondary N) is 1. The third-order valence-electron chi connectivity index (χ3n) is 5.22. The van der Waals surface area contributed by atoms with Crippen LogP contribution in [0, 0.1) is 27.3 Å². The first-order chi connectivity index (χ1) is 16.9. The molecule has 0 atom stereocenters. The summed E-state index contributed by atoms with van der Waals surface area (Å²) in [6, 6.07) is 25.3.